The number of nitrogens with two attached hydrogens (primary N) is 1. The van der Waals surface area contributed by atoms with Crippen molar-refractivity contribution in [1.82, 2.24) is 0 Å². The molecule has 112 valence electrons. The molecule has 0 aromatic heterocycles. The molecule has 0 aliphatic heterocycles. The summed E-state index contributed by atoms with van der Waals surface area (Å²) in [6.45, 7) is 1.97. The number of thioether (sulfide) groups is 1. The molecule has 0 aliphatic rings. The highest BCUT2D eigenvalue weighted by Gasteiger charge is 2.21. The van der Waals surface area contributed by atoms with Crippen LogP contribution in [0.2, 0.25) is 0 Å². The first kappa shape index (κ1) is 16.6. The molecule has 4 nitrogen and oxygen atoms in total. The van der Waals surface area contributed by atoms with E-state index < -0.39 is 11.6 Å². The van der Waals surface area contributed by atoms with Gasteiger partial charge in [-0.2, -0.15) is 11.8 Å². The molecule has 1 atom stereocenters. The summed E-state index contributed by atoms with van der Waals surface area (Å²) in [7, 11) is 1.66. The summed E-state index contributed by atoms with van der Waals surface area (Å²) < 4.78 is 28.2. The fourth-order valence-electron chi connectivity index (χ4n) is 1.99. The molecule has 0 saturated carbocycles. The molecule has 0 radical (unpaired) electrons. The maximum Gasteiger partial charge on any atom is 0.170 e. The Balaban J connectivity index is 3.19. The fourth-order valence-corrected chi connectivity index (χ4v) is 2.83. The first-order valence-electron chi connectivity index (χ1n) is 6.14. The van der Waals surface area contributed by atoms with E-state index in [1.807, 2.05) is 13.2 Å². The fraction of sp³-hybridized carbons (Fsp3) is 0.462. The van der Waals surface area contributed by atoms with E-state index in [0.29, 0.717) is 0 Å². The summed E-state index contributed by atoms with van der Waals surface area (Å²) >= 11 is 1.62. The topological polar surface area (TPSA) is 61.8 Å². The van der Waals surface area contributed by atoms with E-state index in [-0.39, 0.29) is 23.1 Å². The molecule has 3 N–H and O–H groups in total. The summed E-state index contributed by atoms with van der Waals surface area (Å²) in [5.74, 6) is -1.01. The smallest absolute Gasteiger partial charge is 0.170 e. The third-order valence-electron chi connectivity index (χ3n) is 3.15. The maximum absolute atomic E-state index is 14.1. The first-order chi connectivity index (χ1) is 9.46. The zero-order valence-corrected chi connectivity index (χ0v) is 12.5. The molecule has 0 heterocycles. The van der Waals surface area contributed by atoms with E-state index in [4.69, 9.17) is 10.9 Å². The van der Waals surface area contributed by atoms with Crippen molar-refractivity contribution in [1.29, 1.82) is 0 Å². The molecular formula is C13H19F2N3OS. The minimum atomic E-state index is -0.728. The molecular weight excluding hydrogens is 284 g/mol. The van der Waals surface area contributed by atoms with Crippen LogP contribution in [0.15, 0.2) is 17.3 Å². The van der Waals surface area contributed by atoms with Crippen LogP contribution in [-0.2, 0) is 0 Å². The average Bonchev–Trinajstić information content (AvgIpc) is 2.42. The van der Waals surface area contributed by atoms with Crippen molar-refractivity contribution in [3.8, 4) is 0 Å². The summed E-state index contributed by atoms with van der Waals surface area (Å²) in [6.07, 6.45) is 2.73. The molecule has 0 bridgehead atoms. The van der Waals surface area contributed by atoms with Gasteiger partial charge in [-0.25, -0.2) is 8.78 Å². The Morgan fingerprint density at radius 3 is 2.40 bits per heavy atom. The van der Waals surface area contributed by atoms with Crippen LogP contribution in [0.25, 0.3) is 0 Å². The number of rotatable bonds is 6. The van der Waals surface area contributed by atoms with Gasteiger partial charge in [0.05, 0.1) is 0 Å². The van der Waals surface area contributed by atoms with Gasteiger partial charge < -0.3 is 15.8 Å². The second-order valence-corrected chi connectivity index (χ2v) is 5.31. The molecule has 20 heavy (non-hydrogen) atoms. The predicted octanol–water partition coefficient (Wildman–Crippen LogP) is 2.64. The van der Waals surface area contributed by atoms with Crippen LogP contribution in [0.4, 0.5) is 14.5 Å². The zero-order valence-electron chi connectivity index (χ0n) is 11.7. The van der Waals surface area contributed by atoms with Gasteiger partial charge in [-0.3, -0.25) is 0 Å². The number of amidine groups is 1. The van der Waals surface area contributed by atoms with Crippen LogP contribution < -0.4 is 10.6 Å². The number of halogens is 2. The van der Waals surface area contributed by atoms with Crippen LogP contribution in [0, 0.1) is 11.6 Å². The number of benzene rings is 1. The second-order valence-electron chi connectivity index (χ2n) is 4.40. The predicted molar refractivity (Wildman–Crippen MR) is 79.7 cm³/mol. The summed E-state index contributed by atoms with van der Waals surface area (Å²) in [6, 6.07) is 2.16. The number of hydrogen-bond acceptors (Lipinski definition) is 4. The lowest BCUT2D eigenvalue weighted by molar-refractivity contribution is 0.318. The minimum Gasteiger partial charge on any atom is -0.409 e. The van der Waals surface area contributed by atoms with Gasteiger partial charge in [0, 0.05) is 24.4 Å². The Labute approximate surface area is 121 Å². The van der Waals surface area contributed by atoms with Gasteiger partial charge >= 0.3 is 0 Å². The highest BCUT2D eigenvalue weighted by atomic mass is 32.2. The second kappa shape index (κ2) is 7.33. The standard InChI is InChI=1S/C13H19F2N3OS/c1-4-9(7-20-3)18(2)12-10(14)5-8(6-11(12)15)13(16)17-19/h5-6,9,19H,4,7H2,1-3H3,(H2,16,17). The number of oxime groups is 1. The molecule has 0 amide bonds. The lowest BCUT2D eigenvalue weighted by Gasteiger charge is -2.29. The normalized spacial score (nSPS) is 13.3. The van der Waals surface area contributed by atoms with Gasteiger partial charge in [0.15, 0.2) is 5.84 Å². The molecule has 1 unspecified atom stereocenters. The van der Waals surface area contributed by atoms with E-state index in [1.165, 1.54) is 0 Å². The van der Waals surface area contributed by atoms with E-state index in [2.05, 4.69) is 5.16 Å². The summed E-state index contributed by atoms with van der Waals surface area (Å²) in [4.78, 5) is 1.59. The molecule has 1 aromatic rings. The van der Waals surface area contributed by atoms with Crippen LogP contribution in [-0.4, -0.2) is 36.1 Å². The van der Waals surface area contributed by atoms with Crippen molar-refractivity contribution in [2.24, 2.45) is 10.9 Å². The van der Waals surface area contributed by atoms with Crippen LogP contribution in [0.1, 0.15) is 18.9 Å². The van der Waals surface area contributed by atoms with E-state index in [1.54, 1.807) is 23.7 Å². The molecule has 1 aromatic carbocycles. The van der Waals surface area contributed by atoms with E-state index in [0.717, 1.165) is 24.3 Å². The quantitative estimate of drug-likeness (QED) is 0.367. The Morgan fingerprint density at radius 2 is 2.00 bits per heavy atom. The number of hydrogen-bond donors (Lipinski definition) is 2. The van der Waals surface area contributed by atoms with E-state index >= 15 is 0 Å². The summed E-state index contributed by atoms with van der Waals surface area (Å²) in [5, 5.41) is 11.3. The molecule has 0 fully saturated rings. The van der Waals surface area contributed by atoms with Crippen molar-refractivity contribution in [2.45, 2.75) is 19.4 Å². The van der Waals surface area contributed by atoms with E-state index in [9.17, 15) is 8.78 Å². The summed E-state index contributed by atoms with van der Waals surface area (Å²) in [5.41, 5.74) is 5.26. The molecule has 0 saturated heterocycles. The van der Waals surface area contributed by atoms with Gasteiger partial charge in [0.1, 0.15) is 17.3 Å². The van der Waals surface area contributed by atoms with Crippen molar-refractivity contribution in [3.05, 3.63) is 29.3 Å². The van der Waals surface area contributed by atoms with Gasteiger partial charge in [0.2, 0.25) is 0 Å². The molecule has 1 rings (SSSR count). The van der Waals surface area contributed by atoms with Gasteiger partial charge in [0.25, 0.3) is 0 Å². The van der Waals surface area contributed by atoms with Gasteiger partial charge in [-0.15, -0.1) is 0 Å². The lowest BCUT2D eigenvalue weighted by Crippen LogP contribution is -2.34. The van der Waals surface area contributed by atoms with Crippen molar-refractivity contribution < 1.29 is 14.0 Å². The van der Waals surface area contributed by atoms with Crippen LogP contribution >= 0.6 is 11.8 Å². The van der Waals surface area contributed by atoms with Crippen LogP contribution in [0.3, 0.4) is 0 Å². The lowest BCUT2D eigenvalue weighted by atomic mass is 10.1. The van der Waals surface area contributed by atoms with Crippen molar-refractivity contribution >= 4 is 23.3 Å². The van der Waals surface area contributed by atoms with Crippen molar-refractivity contribution in [3.63, 3.8) is 0 Å². The Kier molecular flexibility index (Phi) is 6.06. The SMILES string of the molecule is CCC(CSC)N(C)c1c(F)cc(C(N)=NO)cc1F. The first-order valence-corrected chi connectivity index (χ1v) is 7.54. The van der Waals surface area contributed by atoms with Crippen LogP contribution in [0.5, 0.6) is 0 Å². The maximum atomic E-state index is 14.1. The Morgan fingerprint density at radius 1 is 1.45 bits per heavy atom. The third-order valence-corrected chi connectivity index (χ3v) is 3.87. The Bertz CT molecular complexity index is 473. The minimum absolute atomic E-state index is 0.0116. The highest BCUT2D eigenvalue weighted by molar-refractivity contribution is 7.98. The molecule has 7 heteroatoms. The number of nitrogens with zero attached hydrogens (tertiary/aromatic N) is 2. The number of anilines is 1. The largest absolute Gasteiger partial charge is 0.409 e. The zero-order chi connectivity index (χ0) is 15.3. The average molecular weight is 303 g/mol. The van der Waals surface area contributed by atoms with Gasteiger partial charge in [-0.05, 0) is 24.8 Å². The monoisotopic (exact) mass is 303 g/mol. The van der Waals surface area contributed by atoms with Crippen molar-refractivity contribution in [2.75, 3.05) is 24.0 Å². The molecule has 0 spiro atoms. The Hall–Kier alpha value is -1.50. The highest BCUT2D eigenvalue weighted by Crippen LogP contribution is 2.27. The molecule has 0 aliphatic carbocycles. The van der Waals surface area contributed by atoms with Gasteiger partial charge in [-0.1, -0.05) is 12.1 Å². The third kappa shape index (κ3) is 3.53.